The molecule has 2 aliphatic rings. The largest absolute Gasteiger partial charge is 0.328 e. The average molecular weight is 369 g/mol. The van der Waals surface area contributed by atoms with E-state index in [4.69, 9.17) is 10.1 Å². The van der Waals surface area contributed by atoms with Crippen LogP contribution in [-0.4, -0.2) is 26.3 Å². The van der Waals surface area contributed by atoms with E-state index in [-0.39, 0.29) is 11.8 Å². The second-order valence-corrected chi connectivity index (χ2v) is 7.98. The number of aromatic nitrogens is 3. The molecule has 0 spiro atoms. The van der Waals surface area contributed by atoms with Gasteiger partial charge < -0.3 is 5.32 Å². The van der Waals surface area contributed by atoms with Crippen LogP contribution in [0.3, 0.4) is 0 Å². The lowest BCUT2D eigenvalue weighted by molar-refractivity contribution is -0.116. The van der Waals surface area contributed by atoms with Gasteiger partial charge in [-0.25, -0.2) is 4.68 Å². The van der Waals surface area contributed by atoms with Gasteiger partial charge >= 0.3 is 0 Å². The van der Waals surface area contributed by atoms with E-state index in [9.17, 15) is 4.79 Å². The van der Waals surface area contributed by atoms with Crippen molar-refractivity contribution in [1.29, 1.82) is 0 Å². The van der Waals surface area contributed by atoms with Gasteiger partial charge in [0.25, 0.3) is 0 Å². The lowest BCUT2D eigenvalue weighted by atomic mass is 9.84. The van der Waals surface area contributed by atoms with Gasteiger partial charge in [-0.15, -0.1) is 5.10 Å². The molecule has 0 saturated heterocycles. The molecular formula is C20H24N4OS. The van der Waals surface area contributed by atoms with Crippen LogP contribution >= 0.6 is 11.8 Å². The van der Waals surface area contributed by atoms with Gasteiger partial charge in [-0.05, 0) is 37.3 Å². The van der Waals surface area contributed by atoms with Crippen molar-refractivity contribution in [2.75, 3.05) is 11.1 Å². The van der Waals surface area contributed by atoms with Gasteiger partial charge in [0.05, 0.1) is 0 Å². The number of benzene rings is 1. The summed E-state index contributed by atoms with van der Waals surface area (Å²) in [6.07, 6.45) is 4.72. The predicted octanol–water partition coefficient (Wildman–Crippen LogP) is 4.50. The molecule has 6 heteroatoms. The first-order valence-electron chi connectivity index (χ1n) is 9.37. The van der Waals surface area contributed by atoms with Crippen LogP contribution in [0.25, 0.3) is 0 Å². The van der Waals surface area contributed by atoms with Crippen molar-refractivity contribution in [1.82, 2.24) is 14.8 Å². The summed E-state index contributed by atoms with van der Waals surface area (Å²) in [5, 5.41) is 8.94. The first kappa shape index (κ1) is 17.3. The smallest absolute Gasteiger partial charge is 0.227 e. The molecule has 1 atom stereocenters. The number of nitrogens with zero attached hydrogens (tertiary/aromatic N) is 3. The maximum absolute atomic E-state index is 12.8. The number of nitrogens with one attached hydrogen (secondary N) is 1. The molecule has 1 aromatic heterocycles. The van der Waals surface area contributed by atoms with Crippen LogP contribution in [-0.2, 0) is 4.79 Å². The summed E-state index contributed by atoms with van der Waals surface area (Å²) < 4.78 is 1.92. The second-order valence-electron chi connectivity index (χ2n) is 6.92. The van der Waals surface area contributed by atoms with Crippen molar-refractivity contribution in [2.45, 2.75) is 57.1 Å². The molecule has 1 unspecified atom stereocenters. The van der Waals surface area contributed by atoms with Crippen LogP contribution in [0, 0.1) is 6.92 Å². The SMILES string of the molecule is CCCCSc1nc2n(n1)C(c1ccccc1C)C1=C(CCCC1=O)N2. The van der Waals surface area contributed by atoms with E-state index in [1.54, 1.807) is 11.8 Å². The minimum Gasteiger partial charge on any atom is -0.328 e. The zero-order valence-electron chi connectivity index (χ0n) is 15.3. The Morgan fingerprint density at radius 2 is 2.15 bits per heavy atom. The summed E-state index contributed by atoms with van der Waals surface area (Å²) in [6, 6.07) is 8.09. The summed E-state index contributed by atoms with van der Waals surface area (Å²) in [5.41, 5.74) is 4.20. The minimum atomic E-state index is -0.178. The second kappa shape index (κ2) is 7.27. The van der Waals surface area contributed by atoms with Crippen molar-refractivity contribution in [3.63, 3.8) is 0 Å². The van der Waals surface area contributed by atoms with Crippen molar-refractivity contribution in [3.05, 3.63) is 46.7 Å². The average Bonchev–Trinajstić information content (AvgIpc) is 3.03. The predicted molar refractivity (Wildman–Crippen MR) is 104 cm³/mol. The number of rotatable bonds is 5. The summed E-state index contributed by atoms with van der Waals surface area (Å²) >= 11 is 1.69. The van der Waals surface area contributed by atoms with Gasteiger partial charge in [0, 0.05) is 23.4 Å². The number of thioether (sulfide) groups is 1. The highest BCUT2D eigenvalue weighted by Crippen LogP contribution is 2.41. The topological polar surface area (TPSA) is 59.8 Å². The van der Waals surface area contributed by atoms with Crippen LogP contribution in [0.15, 0.2) is 40.7 Å². The summed E-state index contributed by atoms with van der Waals surface area (Å²) in [6.45, 7) is 4.28. The number of carbonyl (C=O) groups is 1. The van der Waals surface area contributed by atoms with Crippen LogP contribution in [0.5, 0.6) is 0 Å². The third kappa shape index (κ3) is 3.07. The van der Waals surface area contributed by atoms with Crippen LogP contribution in [0.4, 0.5) is 5.95 Å². The molecule has 1 aliphatic carbocycles. The molecule has 4 rings (SSSR count). The monoisotopic (exact) mass is 368 g/mol. The Hall–Kier alpha value is -2.08. The first-order valence-corrected chi connectivity index (χ1v) is 10.4. The van der Waals surface area contributed by atoms with E-state index in [1.807, 2.05) is 16.8 Å². The lowest BCUT2D eigenvalue weighted by Crippen LogP contribution is -2.31. The maximum Gasteiger partial charge on any atom is 0.227 e. The summed E-state index contributed by atoms with van der Waals surface area (Å²) in [7, 11) is 0. The van der Waals surface area contributed by atoms with Crippen LogP contribution in [0.2, 0.25) is 0 Å². The van der Waals surface area contributed by atoms with Crippen molar-refractivity contribution < 1.29 is 4.79 Å². The van der Waals surface area contributed by atoms with Gasteiger partial charge in [-0.1, -0.05) is 49.4 Å². The van der Waals surface area contributed by atoms with Gasteiger partial charge in [0.15, 0.2) is 5.78 Å². The van der Waals surface area contributed by atoms with E-state index in [1.165, 1.54) is 5.56 Å². The van der Waals surface area contributed by atoms with Gasteiger partial charge in [0.1, 0.15) is 6.04 Å². The molecule has 0 bridgehead atoms. The molecule has 1 aromatic carbocycles. The fourth-order valence-electron chi connectivity index (χ4n) is 3.69. The molecule has 2 aromatic rings. The van der Waals surface area contributed by atoms with Crippen molar-refractivity contribution in [3.8, 4) is 0 Å². The number of Topliss-reactive ketones (excluding diaryl/α,β-unsaturated/α-hetero) is 1. The Morgan fingerprint density at radius 1 is 1.31 bits per heavy atom. The van der Waals surface area contributed by atoms with E-state index in [0.29, 0.717) is 6.42 Å². The van der Waals surface area contributed by atoms with Crippen LogP contribution in [0.1, 0.15) is 56.2 Å². The molecular weight excluding hydrogens is 344 g/mol. The highest BCUT2D eigenvalue weighted by molar-refractivity contribution is 7.99. The Kier molecular flexibility index (Phi) is 4.85. The van der Waals surface area contributed by atoms with Gasteiger partial charge in [0.2, 0.25) is 11.1 Å². The van der Waals surface area contributed by atoms with E-state index in [0.717, 1.165) is 59.4 Å². The van der Waals surface area contributed by atoms with Gasteiger partial charge in [-0.2, -0.15) is 4.98 Å². The van der Waals surface area contributed by atoms with E-state index < -0.39 is 0 Å². The lowest BCUT2D eigenvalue weighted by Gasteiger charge is -2.32. The normalized spacial score (nSPS) is 19.2. The maximum atomic E-state index is 12.8. The summed E-state index contributed by atoms with van der Waals surface area (Å²) in [5.74, 6) is 2.00. The number of carbonyl (C=O) groups excluding carboxylic acids is 1. The van der Waals surface area contributed by atoms with Crippen LogP contribution < -0.4 is 5.32 Å². The molecule has 0 amide bonds. The Labute approximate surface area is 158 Å². The molecule has 1 N–H and O–H groups in total. The number of anilines is 1. The number of unbranched alkanes of at least 4 members (excludes halogenated alkanes) is 1. The molecule has 26 heavy (non-hydrogen) atoms. The Balaban J connectivity index is 1.79. The number of hydrogen-bond donors (Lipinski definition) is 1. The number of ketones is 1. The molecule has 0 radical (unpaired) electrons. The third-order valence-corrected chi connectivity index (χ3v) is 5.98. The van der Waals surface area contributed by atoms with Gasteiger partial charge in [-0.3, -0.25) is 4.79 Å². The zero-order chi connectivity index (χ0) is 18.1. The number of fused-ring (bicyclic) bond motifs is 1. The van der Waals surface area contributed by atoms with Crippen molar-refractivity contribution in [2.24, 2.45) is 0 Å². The molecule has 2 heterocycles. The molecule has 1 aliphatic heterocycles. The van der Waals surface area contributed by atoms with Crippen molar-refractivity contribution >= 4 is 23.5 Å². The summed E-state index contributed by atoms with van der Waals surface area (Å²) in [4.78, 5) is 17.5. The fourth-order valence-corrected chi connectivity index (χ4v) is 4.60. The first-order chi connectivity index (χ1) is 12.7. The molecule has 5 nitrogen and oxygen atoms in total. The number of allylic oxidation sites excluding steroid dienone is 2. The Morgan fingerprint density at radius 3 is 2.96 bits per heavy atom. The molecule has 0 fully saturated rings. The quantitative estimate of drug-likeness (QED) is 0.622. The molecule has 136 valence electrons. The van der Waals surface area contributed by atoms with E-state index in [2.05, 4.69) is 31.3 Å². The fraction of sp³-hybridized carbons (Fsp3) is 0.450. The Bertz CT molecular complexity index is 870. The molecule has 0 saturated carbocycles. The van der Waals surface area contributed by atoms with E-state index >= 15 is 0 Å². The standard InChI is InChI=1S/C20H24N4OS/c1-3-4-12-26-20-22-19-21-15-10-7-11-16(25)17(15)18(24(19)23-20)14-9-6-5-8-13(14)2/h5-6,8-9,18H,3-4,7,10-12H2,1-2H3,(H,21,22,23). The zero-order valence-corrected chi connectivity index (χ0v) is 16.1. The minimum absolute atomic E-state index is 0.178. The highest BCUT2D eigenvalue weighted by atomic mass is 32.2. The third-order valence-electron chi connectivity index (χ3n) is 5.06. The number of hydrogen-bond acceptors (Lipinski definition) is 5. The number of aryl methyl sites for hydroxylation is 1. The highest BCUT2D eigenvalue weighted by Gasteiger charge is 2.37.